The zero-order valence-corrected chi connectivity index (χ0v) is 25.0. The Morgan fingerprint density at radius 2 is 1.15 bits per heavy atom. The number of hydrogen-bond acceptors (Lipinski definition) is 7. The molecule has 0 unspecified atom stereocenters. The summed E-state index contributed by atoms with van der Waals surface area (Å²) in [6, 6.07) is 40.2. The lowest BCUT2D eigenvalue weighted by atomic mass is 9.87. The maximum Gasteiger partial charge on any atom is 0.136 e. The van der Waals surface area contributed by atoms with Crippen LogP contribution in [-0.2, 0) is 0 Å². The third kappa shape index (κ3) is 5.15. The minimum atomic E-state index is 0.147. The first-order valence-electron chi connectivity index (χ1n) is 15.1. The van der Waals surface area contributed by atoms with Gasteiger partial charge in [-0.15, -0.1) is 0 Å². The summed E-state index contributed by atoms with van der Waals surface area (Å²) < 4.78 is 0. The minimum absolute atomic E-state index is 0.147. The molecule has 0 atom stereocenters. The fourth-order valence-electron chi connectivity index (χ4n) is 6.02. The van der Waals surface area contributed by atoms with Crippen molar-refractivity contribution in [3.63, 3.8) is 0 Å². The van der Waals surface area contributed by atoms with Gasteiger partial charge in [0, 0.05) is 34.5 Å². The van der Waals surface area contributed by atoms with E-state index in [0.29, 0.717) is 5.56 Å². The summed E-state index contributed by atoms with van der Waals surface area (Å²) in [7, 11) is 0. The van der Waals surface area contributed by atoms with Crippen LogP contribution in [0.15, 0.2) is 145 Å². The molecule has 0 radical (unpaired) electrons. The average Bonchev–Trinajstić information content (AvgIpc) is 3.15. The second-order valence-corrected chi connectivity index (χ2v) is 11.2. The Morgan fingerprint density at radius 1 is 0.532 bits per heavy atom. The maximum atomic E-state index is 10.0. The Bertz CT molecular complexity index is 2290. The molecule has 8 rings (SSSR count). The average molecular weight is 607 g/mol. The van der Waals surface area contributed by atoms with Gasteiger partial charge < -0.3 is 5.21 Å². The van der Waals surface area contributed by atoms with Crippen molar-refractivity contribution in [2.45, 2.75) is 0 Å². The molecule has 0 saturated heterocycles. The number of pyridine rings is 4. The zero-order chi connectivity index (χ0) is 31.7. The van der Waals surface area contributed by atoms with Crippen molar-refractivity contribution in [2.24, 2.45) is 5.16 Å². The van der Waals surface area contributed by atoms with Gasteiger partial charge in [-0.2, -0.15) is 0 Å². The molecule has 222 valence electrons. The lowest BCUT2D eigenvalue weighted by Gasteiger charge is -2.19. The number of oxime groups is 1. The highest BCUT2D eigenvalue weighted by molar-refractivity contribution is 6.55. The van der Waals surface area contributed by atoms with Gasteiger partial charge in [0.05, 0.1) is 39.7 Å². The number of nitrogens with one attached hydrogen (secondary N) is 1. The predicted molar refractivity (Wildman–Crippen MR) is 187 cm³/mol. The van der Waals surface area contributed by atoms with Gasteiger partial charge in [0.15, 0.2) is 0 Å². The van der Waals surface area contributed by atoms with Crippen LogP contribution in [0.5, 0.6) is 0 Å². The highest BCUT2D eigenvalue weighted by Crippen LogP contribution is 2.37. The van der Waals surface area contributed by atoms with E-state index in [2.05, 4.69) is 63.7 Å². The van der Waals surface area contributed by atoms with Crippen molar-refractivity contribution in [2.75, 3.05) is 0 Å². The molecule has 7 heteroatoms. The van der Waals surface area contributed by atoms with Gasteiger partial charge in [-0.25, -0.2) is 9.97 Å². The smallest absolute Gasteiger partial charge is 0.136 e. The van der Waals surface area contributed by atoms with Crippen molar-refractivity contribution in [1.29, 1.82) is 5.41 Å². The molecule has 0 saturated carbocycles. The van der Waals surface area contributed by atoms with Gasteiger partial charge in [0.1, 0.15) is 5.71 Å². The molecule has 4 heterocycles. The van der Waals surface area contributed by atoms with Crippen LogP contribution in [0.1, 0.15) is 11.1 Å². The van der Waals surface area contributed by atoms with E-state index in [-0.39, 0.29) is 11.4 Å². The van der Waals surface area contributed by atoms with Gasteiger partial charge in [0.2, 0.25) is 0 Å². The molecule has 0 fully saturated rings. The lowest BCUT2D eigenvalue weighted by molar-refractivity contribution is 0.320. The summed E-state index contributed by atoms with van der Waals surface area (Å²) in [6.45, 7) is 0. The number of nitrogens with zero attached hydrogens (tertiary/aromatic N) is 5. The lowest BCUT2D eigenvalue weighted by Crippen LogP contribution is -2.19. The first kappa shape index (κ1) is 27.9. The molecular weight excluding hydrogens is 580 g/mol. The van der Waals surface area contributed by atoms with Crippen LogP contribution in [0.3, 0.4) is 0 Å². The van der Waals surface area contributed by atoms with Crippen molar-refractivity contribution < 1.29 is 5.21 Å². The highest BCUT2D eigenvalue weighted by Gasteiger charge is 2.25. The molecule has 0 amide bonds. The molecule has 0 bridgehead atoms. The Balaban J connectivity index is 1.22. The maximum absolute atomic E-state index is 10.0. The molecule has 2 N–H and O–H groups in total. The van der Waals surface area contributed by atoms with Crippen molar-refractivity contribution >= 4 is 28.4 Å². The summed E-state index contributed by atoms with van der Waals surface area (Å²) in [5.41, 5.74) is 11.6. The Kier molecular flexibility index (Phi) is 6.96. The van der Waals surface area contributed by atoms with Crippen LogP contribution in [0.2, 0.25) is 0 Å². The third-order valence-electron chi connectivity index (χ3n) is 8.31. The third-order valence-corrected chi connectivity index (χ3v) is 8.31. The van der Waals surface area contributed by atoms with Gasteiger partial charge >= 0.3 is 0 Å². The number of hydrogen-bond donors (Lipinski definition) is 2. The van der Waals surface area contributed by atoms with Crippen molar-refractivity contribution in [3.8, 4) is 56.3 Å². The molecule has 3 aromatic carbocycles. The molecule has 7 nitrogen and oxygen atoms in total. The SMILES string of the molecule is N=C1C=Cc2c(-c3ccccc3)nc3ccc(-c4ccc(-c5cc(-c6ccccn6)nc(-c6ccccn6)c5)cc4)cc3c2/C1=N/O. The van der Waals surface area contributed by atoms with E-state index in [9.17, 15) is 5.21 Å². The largest absolute Gasteiger partial charge is 0.410 e. The van der Waals surface area contributed by atoms with Crippen molar-refractivity contribution in [3.05, 3.63) is 151 Å². The standard InChI is InChI=1S/C40H26N6O/c41-32-18-17-30-38(40(32)46-47)31-22-28(16-19-33(31)45-39(30)27-8-2-1-3-9-27)25-12-14-26(15-13-25)29-23-36(34-10-4-6-20-42-34)44-37(24-29)35-11-5-7-21-43-35/h1-24,41,47H/b41-32?,46-40+. The fraction of sp³-hybridized carbons (Fsp3) is 0. The molecule has 7 aromatic rings. The first-order chi connectivity index (χ1) is 23.2. The van der Waals surface area contributed by atoms with E-state index >= 15 is 0 Å². The van der Waals surface area contributed by atoms with Crippen LogP contribution in [0, 0.1) is 5.41 Å². The van der Waals surface area contributed by atoms with E-state index in [0.717, 1.165) is 72.8 Å². The van der Waals surface area contributed by atoms with Gasteiger partial charge in [-0.1, -0.05) is 78.0 Å². The number of aromatic nitrogens is 4. The van der Waals surface area contributed by atoms with Crippen LogP contribution >= 0.6 is 0 Å². The van der Waals surface area contributed by atoms with Gasteiger partial charge in [0.25, 0.3) is 0 Å². The van der Waals surface area contributed by atoms with E-state index < -0.39 is 0 Å². The Morgan fingerprint density at radius 3 is 1.77 bits per heavy atom. The van der Waals surface area contributed by atoms with E-state index in [1.54, 1.807) is 18.5 Å². The topological polar surface area (TPSA) is 108 Å². The zero-order valence-electron chi connectivity index (χ0n) is 25.0. The molecule has 0 spiro atoms. The van der Waals surface area contributed by atoms with Crippen LogP contribution in [-0.4, -0.2) is 36.6 Å². The highest BCUT2D eigenvalue weighted by atomic mass is 16.4. The Hall–Kier alpha value is -6.60. The quantitative estimate of drug-likeness (QED) is 0.150. The number of rotatable bonds is 5. The van der Waals surface area contributed by atoms with Crippen LogP contribution < -0.4 is 0 Å². The second-order valence-electron chi connectivity index (χ2n) is 11.2. The molecule has 47 heavy (non-hydrogen) atoms. The molecular formula is C40H26N6O. The van der Waals surface area contributed by atoms with E-state index in [1.165, 1.54) is 0 Å². The second kappa shape index (κ2) is 11.7. The molecule has 1 aliphatic carbocycles. The molecule has 1 aliphatic rings. The first-order valence-corrected chi connectivity index (χ1v) is 15.1. The molecule has 0 aliphatic heterocycles. The van der Waals surface area contributed by atoms with E-state index in [1.807, 2.05) is 78.9 Å². The molecule has 4 aromatic heterocycles. The van der Waals surface area contributed by atoms with Crippen LogP contribution in [0.4, 0.5) is 0 Å². The monoisotopic (exact) mass is 606 g/mol. The van der Waals surface area contributed by atoms with Crippen molar-refractivity contribution in [1.82, 2.24) is 19.9 Å². The summed E-state index contributed by atoms with van der Waals surface area (Å²) in [5.74, 6) is 0. The fourth-order valence-corrected chi connectivity index (χ4v) is 6.02. The normalized spacial score (nSPS) is 13.2. The summed E-state index contributed by atoms with van der Waals surface area (Å²) in [5, 5.41) is 22.9. The Labute approximate surface area is 270 Å². The number of allylic oxidation sites excluding steroid dienone is 1. The van der Waals surface area contributed by atoms with Crippen LogP contribution in [0.25, 0.3) is 73.3 Å². The van der Waals surface area contributed by atoms with Gasteiger partial charge in [-0.05, 0) is 82.9 Å². The number of benzene rings is 3. The summed E-state index contributed by atoms with van der Waals surface area (Å²) >= 11 is 0. The van der Waals surface area contributed by atoms with E-state index in [4.69, 9.17) is 15.4 Å². The van der Waals surface area contributed by atoms with Gasteiger partial charge in [-0.3, -0.25) is 15.4 Å². The summed E-state index contributed by atoms with van der Waals surface area (Å²) in [6.07, 6.45) is 7.07. The summed E-state index contributed by atoms with van der Waals surface area (Å²) in [4.78, 5) is 19.0. The number of fused-ring (bicyclic) bond motifs is 3. The minimum Gasteiger partial charge on any atom is -0.410 e. The predicted octanol–water partition coefficient (Wildman–Crippen LogP) is 8.98.